The van der Waals surface area contributed by atoms with Crippen LogP contribution in [0.5, 0.6) is 17.2 Å². The molecule has 0 spiro atoms. The molecule has 0 saturated heterocycles. The summed E-state index contributed by atoms with van der Waals surface area (Å²) in [6, 6.07) is 12.7. The van der Waals surface area contributed by atoms with E-state index in [4.69, 9.17) is 18.7 Å². The summed E-state index contributed by atoms with van der Waals surface area (Å²) in [5.41, 5.74) is 0.260. The van der Waals surface area contributed by atoms with Gasteiger partial charge in [-0.05, 0) is 50.2 Å². The van der Waals surface area contributed by atoms with E-state index in [0.717, 1.165) is 11.1 Å². The lowest BCUT2D eigenvalue weighted by Gasteiger charge is -2.19. The molecular formula is C19H23O5P. The van der Waals surface area contributed by atoms with Gasteiger partial charge < -0.3 is 18.7 Å². The minimum Gasteiger partial charge on any atom is -0.496 e. The van der Waals surface area contributed by atoms with Crippen LogP contribution in [0, 0.1) is 0 Å². The van der Waals surface area contributed by atoms with Gasteiger partial charge in [0.2, 0.25) is 5.52 Å². The summed E-state index contributed by atoms with van der Waals surface area (Å²) < 4.78 is 22.0. The molecule has 1 unspecified atom stereocenters. The predicted molar refractivity (Wildman–Crippen MR) is 99.7 cm³/mol. The summed E-state index contributed by atoms with van der Waals surface area (Å²) in [6.45, 7) is 4.83. The number of carbonyl (C=O) groups excluding carboxylic acids is 1. The zero-order chi connectivity index (χ0) is 18.2. The molecule has 134 valence electrons. The van der Waals surface area contributed by atoms with Crippen LogP contribution in [0.2, 0.25) is 0 Å². The van der Waals surface area contributed by atoms with E-state index in [9.17, 15) is 4.79 Å². The average Bonchev–Trinajstić information content (AvgIpc) is 2.66. The van der Waals surface area contributed by atoms with Gasteiger partial charge >= 0.3 is 0 Å². The third-order valence-corrected chi connectivity index (χ3v) is 5.34. The van der Waals surface area contributed by atoms with E-state index < -0.39 is 8.15 Å². The van der Waals surface area contributed by atoms with Crippen LogP contribution in [-0.2, 0) is 4.52 Å². The van der Waals surface area contributed by atoms with E-state index in [1.807, 2.05) is 38.1 Å². The summed E-state index contributed by atoms with van der Waals surface area (Å²) in [7, 11) is 1.55. The lowest BCUT2D eigenvalue weighted by molar-refractivity contribution is 0.106. The fourth-order valence-electron chi connectivity index (χ4n) is 2.39. The number of ether oxygens (including phenoxy) is 3. The summed E-state index contributed by atoms with van der Waals surface area (Å²) >= 11 is 0. The summed E-state index contributed by atoms with van der Waals surface area (Å²) in [5, 5.41) is 0.818. The average molecular weight is 362 g/mol. The Hall–Kier alpha value is -2.10. The Balaban J connectivity index is 2.42. The fraction of sp³-hybridized carbons (Fsp3) is 0.316. The summed E-state index contributed by atoms with van der Waals surface area (Å²) in [5.74, 6) is 1.71. The SMILES string of the molecule is CCOc1ccc(P(OCC)C(=O)c2c(OC)cccc2OC)cc1. The molecule has 5 nitrogen and oxygen atoms in total. The van der Waals surface area contributed by atoms with Crippen molar-refractivity contribution in [3.63, 3.8) is 0 Å². The lowest BCUT2D eigenvalue weighted by Crippen LogP contribution is -2.13. The number of carbonyl (C=O) groups is 1. The van der Waals surface area contributed by atoms with Gasteiger partial charge in [-0.25, -0.2) is 0 Å². The smallest absolute Gasteiger partial charge is 0.223 e. The molecule has 0 aliphatic heterocycles. The van der Waals surface area contributed by atoms with E-state index in [1.54, 1.807) is 18.2 Å². The molecule has 2 rings (SSSR count). The normalized spacial score (nSPS) is 11.7. The minimum atomic E-state index is -1.51. The second kappa shape index (κ2) is 9.40. The molecule has 0 aliphatic carbocycles. The Morgan fingerprint density at radius 3 is 2.00 bits per heavy atom. The van der Waals surface area contributed by atoms with Crippen molar-refractivity contribution < 1.29 is 23.5 Å². The van der Waals surface area contributed by atoms with Crippen LogP contribution in [0.25, 0.3) is 0 Å². The first-order valence-corrected chi connectivity index (χ1v) is 9.33. The quantitative estimate of drug-likeness (QED) is 0.631. The van der Waals surface area contributed by atoms with Gasteiger partial charge in [0.25, 0.3) is 0 Å². The zero-order valence-corrected chi connectivity index (χ0v) is 15.8. The van der Waals surface area contributed by atoms with Crippen molar-refractivity contribution in [2.24, 2.45) is 0 Å². The maximum absolute atomic E-state index is 13.2. The molecule has 0 amide bonds. The number of hydrogen-bond acceptors (Lipinski definition) is 5. The molecule has 0 radical (unpaired) electrons. The highest BCUT2D eigenvalue weighted by molar-refractivity contribution is 7.78. The first kappa shape index (κ1) is 19.2. The molecule has 6 heteroatoms. The Morgan fingerprint density at radius 2 is 1.52 bits per heavy atom. The zero-order valence-electron chi connectivity index (χ0n) is 14.9. The van der Waals surface area contributed by atoms with Crippen LogP contribution in [0.15, 0.2) is 42.5 Å². The van der Waals surface area contributed by atoms with Crippen LogP contribution < -0.4 is 19.5 Å². The van der Waals surface area contributed by atoms with Crippen molar-refractivity contribution in [2.45, 2.75) is 13.8 Å². The second-order valence-corrected chi connectivity index (χ2v) is 6.75. The first-order chi connectivity index (χ1) is 12.2. The highest BCUT2D eigenvalue weighted by Crippen LogP contribution is 2.45. The Morgan fingerprint density at radius 1 is 0.920 bits per heavy atom. The molecule has 0 bridgehead atoms. The van der Waals surface area contributed by atoms with Gasteiger partial charge in [-0.2, -0.15) is 0 Å². The fourth-order valence-corrected chi connectivity index (χ4v) is 3.99. The van der Waals surface area contributed by atoms with Crippen molar-refractivity contribution in [1.82, 2.24) is 0 Å². The molecule has 25 heavy (non-hydrogen) atoms. The van der Waals surface area contributed by atoms with Crippen LogP contribution >= 0.6 is 8.15 Å². The summed E-state index contributed by atoms with van der Waals surface area (Å²) in [4.78, 5) is 13.2. The molecule has 0 aromatic heterocycles. The van der Waals surface area contributed by atoms with E-state index in [-0.39, 0.29) is 5.52 Å². The maximum atomic E-state index is 13.2. The van der Waals surface area contributed by atoms with Crippen molar-refractivity contribution in [1.29, 1.82) is 0 Å². The lowest BCUT2D eigenvalue weighted by atomic mass is 10.2. The van der Waals surface area contributed by atoms with E-state index in [0.29, 0.717) is 30.3 Å². The van der Waals surface area contributed by atoms with Crippen molar-refractivity contribution >= 4 is 19.0 Å². The molecule has 2 aromatic rings. The third-order valence-electron chi connectivity index (χ3n) is 3.47. The Labute approximate surface area is 149 Å². The van der Waals surface area contributed by atoms with Crippen LogP contribution in [0.3, 0.4) is 0 Å². The first-order valence-electron chi connectivity index (χ1n) is 8.07. The number of methoxy groups -OCH3 is 2. The molecule has 1 atom stereocenters. The number of benzene rings is 2. The molecule has 0 saturated carbocycles. The highest BCUT2D eigenvalue weighted by atomic mass is 31.1. The van der Waals surface area contributed by atoms with Gasteiger partial charge in [0.05, 0.1) is 20.8 Å². The van der Waals surface area contributed by atoms with Crippen LogP contribution in [-0.4, -0.2) is 33.0 Å². The van der Waals surface area contributed by atoms with Crippen molar-refractivity contribution in [3.8, 4) is 17.2 Å². The topological polar surface area (TPSA) is 54.0 Å². The van der Waals surface area contributed by atoms with E-state index in [1.165, 1.54) is 14.2 Å². The van der Waals surface area contributed by atoms with Gasteiger partial charge in [-0.1, -0.05) is 6.07 Å². The molecule has 0 N–H and O–H groups in total. The molecule has 0 heterocycles. The highest BCUT2D eigenvalue weighted by Gasteiger charge is 2.29. The van der Waals surface area contributed by atoms with Gasteiger partial charge in [0, 0.05) is 11.9 Å². The van der Waals surface area contributed by atoms with Crippen molar-refractivity contribution in [3.05, 3.63) is 48.0 Å². The number of rotatable bonds is 9. The molecule has 0 fully saturated rings. The van der Waals surface area contributed by atoms with Gasteiger partial charge in [0.15, 0.2) is 0 Å². The van der Waals surface area contributed by atoms with Gasteiger partial charge in [-0.3, -0.25) is 4.79 Å². The van der Waals surface area contributed by atoms with Crippen LogP contribution in [0.4, 0.5) is 0 Å². The Bertz CT molecular complexity index is 677. The maximum Gasteiger partial charge on any atom is 0.223 e. The summed E-state index contributed by atoms with van der Waals surface area (Å²) in [6.07, 6.45) is 0. The van der Waals surface area contributed by atoms with Gasteiger partial charge in [0.1, 0.15) is 31.0 Å². The molecular weight excluding hydrogens is 339 g/mol. The van der Waals surface area contributed by atoms with Crippen LogP contribution in [0.1, 0.15) is 24.2 Å². The van der Waals surface area contributed by atoms with E-state index in [2.05, 4.69) is 0 Å². The van der Waals surface area contributed by atoms with E-state index >= 15 is 0 Å². The number of hydrogen-bond donors (Lipinski definition) is 0. The van der Waals surface area contributed by atoms with Crippen molar-refractivity contribution in [2.75, 3.05) is 27.4 Å². The standard InChI is InChI=1S/C19H23O5P/c1-5-23-14-10-12-15(13-11-14)25(24-6-2)19(20)18-16(21-3)8-7-9-17(18)22-4/h7-13H,5-6H2,1-4H3. The molecule has 0 aliphatic rings. The minimum absolute atomic E-state index is 0.143. The largest absolute Gasteiger partial charge is 0.496 e. The van der Waals surface area contributed by atoms with Gasteiger partial charge in [-0.15, -0.1) is 0 Å². The monoisotopic (exact) mass is 362 g/mol. The Kier molecular flexibility index (Phi) is 7.23. The molecule has 2 aromatic carbocycles. The third kappa shape index (κ3) is 4.50. The second-order valence-electron chi connectivity index (χ2n) is 4.98. The predicted octanol–water partition coefficient (Wildman–Crippen LogP) is 4.00.